The minimum atomic E-state index is -2.88. The molecule has 0 unspecified atom stereocenters. The average molecular weight is 169 g/mol. The zero-order chi connectivity index (χ0) is 7.49. The van der Waals surface area contributed by atoms with Gasteiger partial charge in [-0.1, -0.05) is 17.7 Å². The number of halogens is 1. The average Bonchev–Trinajstić information content (AvgIpc) is 1.59. The standard InChI is InChI=1S/C5H9ClO2S/c1-5(6)3-4-9(2,7)8/h3H,4H2,1-2H3. The Balaban J connectivity index is 3.95. The van der Waals surface area contributed by atoms with Crippen LogP contribution in [0.15, 0.2) is 11.1 Å². The van der Waals surface area contributed by atoms with E-state index in [2.05, 4.69) is 0 Å². The molecule has 0 rings (SSSR count). The summed E-state index contributed by atoms with van der Waals surface area (Å²) in [5, 5.41) is 0.514. The fourth-order valence-corrected chi connectivity index (χ4v) is 0.988. The Bertz CT molecular complexity index is 199. The van der Waals surface area contributed by atoms with Gasteiger partial charge in [-0.15, -0.1) is 0 Å². The molecule has 0 spiro atoms. The van der Waals surface area contributed by atoms with Gasteiger partial charge in [-0.3, -0.25) is 0 Å². The second-order valence-corrected chi connectivity index (χ2v) is 4.66. The van der Waals surface area contributed by atoms with Crippen LogP contribution < -0.4 is 0 Å². The van der Waals surface area contributed by atoms with Crippen molar-refractivity contribution in [3.63, 3.8) is 0 Å². The Morgan fingerprint density at radius 2 is 2.11 bits per heavy atom. The van der Waals surface area contributed by atoms with E-state index in [0.29, 0.717) is 5.03 Å². The second-order valence-electron chi connectivity index (χ2n) is 1.88. The first-order chi connectivity index (χ1) is 3.92. The molecule has 2 nitrogen and oxygen atoms in total. The van der Waals surface area contributed by atoms with E-state index in [4.69, 9.17) is 11.6 Å². The maximum Gasteiger partial charge on any atom is 0.151 e. The summed E-state index contributed by atoms with van der Waals surface area (Å²) >= 11 is 5.38. The van der Waals surface area contributed by atoms with Crippen molar-refractivity contribution < 1.29 is 8.42 Å². The van der Waals surface area contributed by atoms with Gasteiger partial charge >= 0.3 is 0 Å². The van der Waals surface area contributed by atoms with Crippen molar-refractivity contribution in [3.8, 4) is 0 Å². The second kappa shape index (κ2) is 3.22. The third kappa shape index (κ3) is 7.98. The van der Waals surface area contributed by atoms with E-state index in [-0.39, 0.29) is 5.75 Å². The molecule has 4 heteroatoms. The van der Waals surface area contributed by atoms with Crippen molar-refractivity contribution in [1.82, 2.24) is 0 Å². The number of hydrogen-bond donors (Lipinski definition) is 0. The van der Waals surface area contributed by atoms with Crippen molar-refractivity contribution in [2.24, 2.45) is 0 Å². The largest absolute Gasteiger partial charge is 0.229 e. The zero-order valence-electron chi connectivity index (χ0n) is 5.39. The summed E-state index contributed by atoms with van der Waals surface area (Å²) in [6.45, 7) is 1.65. The lowest BCUT2D eigenvalue weighted by molar-refractivity contribution is 0.604. The van der Waals surface area contributed by atoms with Gasteiger partial charge in [0.1, 0.15) is 0 Å². The van der Waals surface area contributed by atoms with Gasteiger partial charge in [-0.25, -0.2) is 8.42 Å². The van der Waals surface area contributed by atoms with Gasteiger partial charge in [0.05, 0.1) is 5.75 Å². The highest BCUT2D eigenvalue weighted by Gasteiger charge is 1.96. The van der Waals surface area contributed by atoms with Crippen LogP contribution in [-0.2, 0) is 9.84 Å². The first-order valence-electron chi connectivity index (χ1n) is 2.42. The number of allylic oxidation sites excluding steroid dienone is 1. The first-order valence-corrected chi connectivity index (χ1v) is 4.85. The number of sulfone groups is 1. The first kappa shape index (κ1) is 8.98. The van der Waals surface area contributed by atoms with E-state index in [1.54, 1.807) is 6.92 Å². The molecule has 0 radical (unpaired) electrons. The quantitative estimate of drug-likeness (QED) is 0.621. The molecule has 0 saturated carbocycles. The molecule has 0 saturated heterocycles. The highest BCUT2D eigenvalue weighted by atomic mass is 35.5. The third-order valence-corrected chi connectivity index (χ3v) is 1.59. The molecule has 9 heavy (non-hydrogen) atoms. The van der Waals surface area contributed by atoms with Gasteiger partial charge in [-0.05, 0) is 6.92 Å². The minimum absolute atomic E-state index is 0.0301. The summed E-state index contributed by atoms with van der Waals surface area (Å²) in [6.07, 6.45) is 2.64. The van der Waals surface area contributed by atoms with Crippen LogP contribution >= 0.6 is 11.6 Å². The van der Waals surface area contributed by atoms with Gasteiger partial charge in [0, 0.05) is 11.3 Å². The molecule has 0 N–H and O–H groups in total. The topological polar surface area (TPSA) is 34.1 Å². The van der Waals surface area contributed by atoms with Crippen molar-refractivity contribution in [2.45, 2.75) is 6.92 Å². The predicted molar refractivity (Wildman–Crippen MR) is 39.3 cm³/mol. The normalized spacial score (nSPS) is 13.9. The summed E-state index contributed by atoms with van der Waals surface area (Å²) in [5.74, 6) is 0.0301. The van der Waals surface area contributed by atoms with E-state index in [9.17, 15) is 8.42 Å². The number of rotatable bonds is 2. The Kier molecular flexibility index (Phi) is 3.22. The Morgan fingerprint density at radius 1 is 1.67 bits per heavy atom. The van der Waals surface area contributed by atoms with Crippen LogP contribution in [0.3, 0.4) is 0 Å². The maximum absolute atomic E-state index is 10.4. The highest BCUT2D eigenvalue weighted by Crippen LogP contribution is 1.98. The van der Waals surface area contributed by atoms with Gasteiger partial charge in [-0.2, -0.15) is 0 Å². The Labute approximate surface area is 60.4 Å². The van der Waals surface area contributed by atoms with Crippen LogP contribution in [0.25, 0.3) is 0 Å². The lowest BCUT2D eigenvalue weighted by Gasteiger charge is -1.88. The third-order valence-electron chi connectivity index (χ3n) is 0.667. The molecule has 0 aliphatic heterocycles. The minimum Gasteiger partial charge on any atom is -0.229 e. The summed E-state index contributed by atoms with van der Waals surface area (Å²) in [6, 6.07) is 0. The van der Waals surface area contributed by atoms with Crippen molar-refractivity contribution >= 4 is 21.4 Å². The fraction of sp³-hybridized carbons (Fsp3) is 0.600. The molecule has 0 atom stereocenters. The summed E-state index contributed by atoms with van der Waals surface area (Å²) in [7, 11) is -2.88. The van der Waals surface area contributed by atoms with E-state index in [1.807, 2.05) is 0 Å². The van der Waals surface area contributed by atoms with Crippen LogP contribution in [0.1, 0.15) is 6.92 Å². The van der Waals surface area contributed by atoms with Gasteiger partial charge < -0.3 is 0 Å². The molecule has 0 fully saturated rings. The van der Waals surface area contributed by atoms with Crippen LogP contribution in [0.4, 0.5) is 0 Å². The molecule has 0 aliphatic rings. The Hall–Kier alpha value is -0.0200. The van der Waals surface area contributed by atoms with Crippen LogP contribution in [-0.4, -0.2) is 20.4 Å². The van der Waals surface area contributed by atoms with E-state index in [0.717, 1.165) is 0 Å². The summed E-state index contributed by atoms with van der Waals surface area (Å²) < 4.78 is 20.9. The van der Waals surface area contributed by atoms with Crippen molar-refractivity contribution in [3.05, 3.63) is 11.1 Å². The lowest BCUT2D eigenvalue weighted by Crippen LogP contribution is -1.99. The van der Waals surface area contributed by atoms with E-state index in [1.165, 1.54) is 12.3 Å². The number of hydrogen-bond acceptors (Lipinski definition) is 2. The summed E-state index contributed by atoms with van der Waals surface area (Å²) in [5.41, 5.74) is 0. The van der Waals surface area contributed by atoms with Crippen molar-refractivity contribution in [2.75, 3.05) is 12.0 Å². The van der Waals surface area contributed by atoms with Crippen molar-refractivity contribution in [1.29, 1.82) is 0 Å². The van der Waals surface area contributed by atoms with Crippen LogP contribution in [0.5, 0.6) is 0 Å². The van der Waals surface area contributed by atoms with Crippen LogP contribution in [0.2, 0.25) is 0 Å². The molecule has 54 valence electrons. The molecule has 0 aromatic carbocycles. The zero-order valence-corrected chi connectivity index (χ0v) is 6.96. The molecule has 0 bridgehead atoms. The van der Waals surface area contributed by atoms with Gasteiger partial charge in [0.2, 0.25) is 0 Å². The fourth-order valence-electron chi connectivity index (χ4n) is 0.266. The van der Waals surface area contributed by atoms with Crippen LogP contribution in [0, 0.1) is 0 Å². The van der Waals surface area contributed by atoms with E-state index >= 15 is 0 Å². The summed E-state index contributed by atoms with van der Waals surface area (Å²) in [4.78, 5) is 0. The van der Waals surface area contributed by atoms with Gasteiger partial charge in [0.15, 0.2) is 9.84 Å². The molecular formula is C5H9ClO2S. The molecule has 0 aliphatic carbocycles. The molecule has 0 heterocycles. The monoisotopic (exact) mass is 168 g/mol. The SMILES string of the molecule is CC(Cl)=CCS(C)(=O)=O. The lowest BCUT2D eigenvalue weighted by atomic mass is 10.6. The molecular weight excluding hydrogens is 160 g/mol. The molecule has 0 aromatic rings. The highest BCUT2D eigenvalue weighted by molar-refractivity contribution is 7.90. The Morgan fingerprint density at radius 3 is 2.22 bits per heavy atom. The molecule has 0 aromatic heterocycles. The maximum atomic E-state index is 10.4. The van der Waals surface area contributed by atoms with Gasteiger partial charge in [0.25, 0.3) is 0 Å². The van der Waals surface area contributed by atoms with E-state index < -0.39 is 9.84 Å². The smallest absolute Gasteiger partial charge is 0.151 e. The predicted octanol–water partition coefficient (Wildman–Crippen LogP) is 1.17. The molecule has 0 amide bonds.